The zero-order valence-electron chi connectivity index (χ0n) is 10.2. The predicted octanol–water partition coefficient (Wildman–Crippen LogP) is 1.21. The summed E-state index contributed by atoms with van der Waals surface area (Å²) in [6.45, 7) is 0. The van der Waals surface area contributed by atoms with Gasteiger partial charge in [-0.15, -0.1) is 10.2 Å². The molecule has 0 fully saturated rings. The number of nitrogens with two attached hydrogens (primary N) is 1. The Balaban J connectivity index is 2.28. The van der Waals surface area contributed by atoms with Crippen molar-refractivity contribution in [3.05, 3.63) is 47.7 Å². The highest BCUT2D eigenvalue weighted by molar-refractivity contribution is 6.04. The number of benzene rings is 1. The van der Waals surface area contributed by atoms with Crippen LogP contribution in [0.5, 0.6) is 0 Å². The summed E-state index contributed by atoms with van der Waals surface area (Å²) in [5, 5.41) is 16.2. The molecule has 2 rings (SSSR count). The first kappa shape index (κ1) is 12.5. The van der Waals surface area contributed by atoms with E-state index in [0.29, 0.717) is 11.3 Å². The predicted molar refractivity (Wildman–Crippen MR) is 70.3 cm³/mol. The van der Waals surface area contributed by atoms with Crippen LogP contribution in [-0.2, 0) is 0 Å². The van der Waals surface area contributed by atoms with Crippen LogP contribution in [0.4, 0.5) is 11.5 Å². The second-order valence-corrected chi connectivity index (χ2v) is 3.87. The highest BCUT2D eigenvalue weighted by Gasteiger charge is 2.15. The van der Waals surface area contributed by atoms with Gasteiger partial charge in [-0.25, -0.2) is 0 Å². The van der Waals surface area contributed by atoms with Gasteiger partial charge in [0.1, 0.15) is 5.82 Å². The van der Waals surface area contributed by atoms with Gasteiger partial charge in [0.25, 0.3) is 5.91 Å². The molecule has 0 aliphatic rings. The molecular weight excluding hydrogens is 242 g/mol. The van der Waals surface area contributed by atoms with E-state index in [-0.39, 0.29) is 17.4 Å². The van der Waals surface area contributed by atoms with Crippen LogP contribution in [0.3, 0.4) is 0 Å². The van der Waals surface area contributed by atoms with Crippen molar-refractivity contribution in [3.63, 3.8) is 0 Å². The van der Waals surface area contributed by atoms with Gasteiger partial charge in [0, 0.05) is 12.7 Å². The number of anilines is 2. The molecule has 1 heterocycles. The molecule has 0 bridgehead atoms. The van der Waals surface area contributed by atoms with Gasteiger partial charge in [-0.2, -0.15) is 5.26 Å². The van der Waals surface area contributed by atoms with Gasteiger partial charge in [-0.3, -0.25) is 4.79 Å². The third-order valence-electron chi connectivity index (χ3n) is 2.57. The molecule has 0 aliphatic heterocycles. The maximum atomic E-state index is 12.2. The monoisotopic (exact) mass is 253 g/mol. The number of rotatable bonds is 2. The molecule has 0 unspecified atom stereocenters. The molecule has 0 spiro atoms. The number of aromatic nitrogens is 2. The number of nitriles is 1. The standard InChI is InChI=1S/C13H11N5O/c1-18(10-4-2-3-9(7-10)8-14)13(19)11-5-6-12(15)17-16-11/h2-7H,1H3,(H2,15,17). The van der Waals surface area contributed by atoms with Gasteiger partial charge in [-0.05, 0) is 30.3 Å². The van der Waals surface area contributed by atoms with Crippen molar-refractivity contribution in [3.8, 4) is 6.07 Å². The highest BCUT2D eigenvalue weighted by Crippen LogP contribution is 2.16. The van der Waals surface area contributed by atoms with E-state index in [4.69, 9.17) is 11.0 Å². The smallest absolute Gasteiger partial charge is 0.278 e. The van der Waals surface area contributed by atoms with Crippen molar-refractivity contribution in [2.24, 2.45) is 0 Å². The minimum Gasteiger partial charge on any atom is -0.382 e. The van der Waals surface area contributed by atoms with E-state index in [9.17, 15) is 4.79 Å². The first-order valence-electron chi connectivity index (χ1n) is 5.49. The summed E-state index contributed by atoms with van der Waals surface area (Å²) in [4.78, 5) is 13.6. The van der Waals surface area contributed by atoms with E-state index in [1.807, 2.05) is 6.07 Å². The number of hydrogen-bond acceptors (Lipinski definition) is 5. The summed E-state index contributed by atoms with van der Waals surface area (Å²) < 4.78 is 0. The fourth-order valence-corrected chi connectivity index (χ4v) is 1.53. The van der Waals surface area contributed by atoms with Gasteiger partial charge in [0.05, 0.1) is 11.6 Å². The zero-order valence-corrected chi connectivity index (χ0v) is 10.2. The first-order chi connectivity index (χ1) is 9.11. The zero-order chi connectivity index (χ0) is 13.8. The maximum Gasteiger partial charge on any atom is 0.278 e. The van der Waals surface area contributed by atoms with E-state index in [1.54, 1.807) is 31.3 Å². The van der Waals surface area contributed by atoms with Crippen LogP contribution in [0.2, 0.25) is 0 Å². The lowest BCUT2D eigenvalue weighted by atomic mass is 10.2. The number of nitrogen functional groups attached to an aromatic ring is 1. The largest absolute Gasteiger partial charge is 0.382 e. The summed E-state index contributed by atoms with van der Waals surface area (Å²) in [5.74, 6) is -0.0618. The number of amides is 1. The molecule has 2 aromatic rings. The van der Waals surface area contributed by atoms with E-state index in [0.717, 1.165) is 0 Å². The fraction of sp³-hybridized carbons (Fsp3) is 0.0769. The lowest BCUT2D eigenvalue weighted by Crippen LogP contribution is -2.27. The van der Waals surface area contributed by atoms with Crippen LogP contribution in [-0.4, -0.2) is 23.2 Å². The highest BCUT2D eigenvalue weighted by atomic mass is 16.2. The number of nitrogens with zero attached hydrogens (tertiary/aromatic N) is 4. The Morgan fingerprint density at radius 1 is 1.32 bits per heavy atom. The molecule has 0 aliphatic carbocycles. The van der Waals surface area contributed by atoms with Crippen LogP contribution in [0, 0.1) is 11.3 Å². The molecule has 0 atom stereocenters. The first-order valence-corrected chi connectivity index (χ1v) is 5.49. The summed E-state index contributed by atoms with van der Waals surface area (Å²) in [6, 6.07) is 11.8. The Morgan fingerprint density at radius 2 is 2.11 bits per heavy atom. The molecule has 2 N–H and O–H groups in total. The van der Waals surface area contributed by atoms with E-state index in [2.05, 4.69) is 10.2 Å². The summed E-state index contributed by atoms with van der Waals surface area (Å²) in [7, 11) is 1.61. The van der Waals surface area contributed by atoms with Crippen LogP contribution in [0.15, 0.2) is 36.4 Å². The van der Waals surface area contributed by atoms with Crippen molar-refractivity contribution in [2.45, 2.75) is 0 Å². The lowest BCUT2D eigenvalue weighted by Gasteiger charge is -2.16. The van der Waals surface area contributed by atoms with Crippen molar-refractivity contribution in [1.29, 1.82) is 5.26 Å². The Hall–Kier alpha value is -2.94. The molecule has 94 valence electrons. The third kappa shape index (κ3) is 2.66. The van der Waals surface area contributed by atoms with Gasteiger partial charge >= 0.3 is 0 Å². The molecule has 0 saturated carbocycles. The Bertz CT molecular complexity index is 645. The van der Waals surface area contributed by atoms with Crippen molar-refractivity contribution >= 4 is 17.4 Å². The quantitative estimate of drug-likeness (QED) is 0.867. The normalized spacial score (nSPS) is 9.68. The molecule has 0 radical (unpaired) electrons. The molecular formula is C13H11N5O. The maximum absolute atomic E-state index is 12.2. The third-order valence-corrected chi connectivity index (χ3v) is 2.57. The SMILES string of the molecule is CN(C(=O)c1ccc(N)nn1)c1cccc(C#N)c1. The van der Waals surface area contributed by atoms with Crippen molar-refractivity contribution in [2.75, 3.05) is 17.7 Å². The Kier molecular flexibility index (Phi) is 3.39. The van der Waals surface area contributed by atoms with Crippen molar-refractivity contribution < 1.29 is 4.79 Å². The van der Waals surface area contributed by atoms with E-state index in [1.165, 1.54) is 17.0 Å². The van der Waals surface area contributed by atoms with E-state index < -0.39 is 0 Å². The van der Waals surface area contributed by atoms with Crippen LogP contribution < -0.4 is 10.6 Å². The second-order valence-electron chi connectivity index (χ2n) is 3.87. The molecule has 1 amide bonds. The van der Waals surface area contributed by atoms with Crippen LogP contribution in [0.25, 0.3) is 0 Å². The minimum atomic E-state index is -0.317. The summed E-state index contributed by atoms with van der Waals surface area (Å²) in [5.41, 5.74) is 6.71. The number of hydrogen-bond donors (Lipinski definition) is 1. The molecule has 0 saturated heterocycles. The molecule has 1 aromatic carbocycles. The van der Waals surface area contributed by atoms with Gasteiger partial charge in [-0.1, -0.05) is 6.07 Å². The van der Waals surface area contributed by atoms with Gasteiger partial charge in [0.2, 0.25) is 0 Å². The topological polar surface area (TPSA) is 95.9 Å². The average molecular weight is 253 g/mol. The summed E-state index contributed by atoms with van der Waals surface area (Å²) >= 11 is 0. The van der Waals surface area contributed by atoms with Gasteiger partial charge in [0.15, 0.2) is 5.69 Å². The number of carbonyl (C=O) groups excluding carboxylic acids is 1. The Labute approximate surface area is 110 Å². The number of carbonyl (C=O) groups is 1. The molecule has 6 nitrogen and oxygen atoms in total. The van der Waals surface area contributed by atoms with E-state index >= 15 is 0 Å². The van der Waals surface area contributed by atoms with Crippen molar-refractivity contribution in [1.82, 2.24) is 10.2 Å². The average Bonchev–Trinajstić information content (AvgIpc) is 2.46. The fourth-order valence-electron chi connectivity index (χ4n) is 1.53. The molecule has 1 aromatic heterocycles. The second kappa shape index (κ2) is 5.14. The lowest BCUT2D eigenvalue weighted by molar-refractivity contribution is 0.0987. The molecule has 6 heteroatoms. The van der Waals surface area contributed by atoms with Crippen LogP contribution in [0.1, 0.15) is 16.1 Å². The summed E-state index contributed by atoms with van der Waals surface area (Å²) in [6.07, 6.45) is 0. The minimum absolute atomic E-state index is 0.194. The van der Waals surface area contributed by atoms with Crippen LogP contribution >= 0.6 is 0 Å². The van der Waals surface area contributed by atoms with Gasteiger partial charge < -0.3 is 10.6 Å². The Morgan fingerprint density at radius 3 is 2.74 bits per heavy atom. The molecule has 19 heavy (non-hydrogen) atoms.